The molecule has 1 saturated heterocycles. The van der Waals surface area contributed by atoms with E-state index in [-0.39, 0.29) is 30.4 Å². The Morgan fingerprint density at radius 2 is 2.00 bits per heavy atom. The lowest BCUT2D eigenvalue weighted by Crippen LogP contribution is -2.54. The summed E-state index contributed by atoms with van der Waals surface area (Å²) in [6, 6.07) is 7.16. The largest absolute Gasteiger partial charge is 0.362 e. The van der Waals surface area contributed by atoms with Crippen LogP contribution >= 0.6 is 23.2 Å². The van der Waals surface area contributed by atoms with Gasteiger partial charge >= 0.3 is 0 Å². The maximum atomic E-state index is 12.6. The summed E-state index contributed by atoms with van der Waals surface area (Å²) >= 11 is 12.0. The van der Waals surface area contributed by atoms with Gasteiger partial charge in [-0.2, -0.15) is 0 Å². The van der Waals surface area contributed by atoms with E-state index in [0.29, 0.717) is 10.1 Å². The molecule has 2 unspecified atom stereocenters. The van der Waals surface area contributed by atoms with Crippen molar-refractivity contribution in [1.29, 1.82) is 0 Å². The zero-order valence-corrected chi connectivity index (χ0v) is 15.3. The molecule has 0 bridgehead atoms. The average molecular weight is 380 g/mol. The molecule has 25 heavy (non-hydrogen) atoms. The van der Waals surface area contributed by atoms with E-state index in [0.717, 1.165) is 18.3 Å². The smallest absolute Gasteiger partial charge is 0.252 e. The first-order valence-electron chi connectivity index (χ1n) is 8.16. The highest BCUT2D eigenvalue weighted by Gasteiger charge is 2.44. The minimum absolute atomic E-state index is 0.0556. The lowest BCUT2D eigenvalue weighted by atomic mass is 9.84. The van der Waals surface area contributed by atoms with Gasteiger partial charge in [0.15, 0.2) is 0 Å². The van der Waals surface area contributed by atoms with E-state index in [9.17, 15) is 9.59 Å². The number of morpholine rings is 1. The molecule has 0 spiro atoms. The van der Waals surface area contributed by atoms with Crippen LogP contribution in [-0.2, 0) is 14.3 Å². The van der Waals surface area contributed by atoms with Gasteiger partial charge < -0.3 is 14.4 Å². The maximum Gasteiger partial charge on any atom is 0.252 e. The van der Waals surface area contributed by atoms with Crippen molar-refractivity contribution in [2.75, 3.05) is 7.05 Å². The van der Waals surface area contributed by atoms with Crippen molar-refractivity contribution < 1.29 is 14.3 Å². The third-order valence-electron chi connectivity index (χ3n) is 4.70. The fourth-order valence-corrected chi connectivity index (χ4v) is 3.70. The summed E-state index contributed by atoms with van der Waals surface area (Å²) < 4.78 is 6.10. The van der Waals surface area contributed by atoms with Gasteiger partial charge in [0.1, 0.15) is 12.4 Å². The van der Waals surface area contributed by atoms with Gasteiger partial charge in [0.2, 0.25) is 0 Å². The summed E-state index contributed by atoms with van der Waals surface area (Å²) in [6.45, 7) is 0. The number of carbonyl (C=O) groups is 2. The molecule has 0 N–H and O–H groups in total. The van der Waals surface area contributed by atoms with Crippen LogP contribution in [0.25, 0.3) is 0 Å². The number of nitrogens with zero attached hydrogens (tertiary/aromatic N) is 1. The van der Waals surface area contributed by atoms with Gasteiger partial charge in [-0.25, -0.2) is 0 Å². The predicted octanol–water partition coefficient (Wildman–Crippen LogP) is 3.89. The van der Waals surface area contributed by atoms with Gasteiger partial charge in [0.25, 0.3) is 5.91 Å². The molecule has 1 heterocycles. The van der Waals surface area contributed by atoms with Crippen LogP contribution in [0.3, 0.4) is 0 Å². The highest BCUT2D eigenvalue weighted by molar-refractivity contribution is 6.31. The fraction of sp³-hybridized carbons (Fsp3) is 0.368. The minimum atomic E-state index is -0.745. The molecule has 0 radical (unpaired) electrons. The predicted molar refractivity (Wildman–Crippen MR) is 97.5 cm³/mol. The Hall–Kier alpha value is -1.62. The Morgan fingerprint density at radius 1 is 1.28 bits per heavy atom. The summed E-state index contributed by atoms with van der Waals surface area (Å²) in [5, 5.41) is 1.33. The van der Waals surface area contributed by atoms with Crippen LogP contribution in [-0.4, -0.2) is 36.3 Å². The Balaban J connectivity index is 1.95. The molecule has 132 valence electrons. The molecule has 4 nitrogen and oxygen atoms in total. The molecular formula is C19H19Cl2NO3. The van der Waals surface area contributed by atoms with Crippen molar-refractivity contribution in [3.8, 4) is 0 Å². The van der Waals surface area contributed by atoms with Crippen molar-refractivity contribution in [2.45, 2.75) is 31.1 Å². The monoisotopic (exact) mass is 379 g/mol. The van der Waals surface area contributed by atoms with E-state index >= 15 is 0 Å². The van der Waals surface area contributed by atoms with Crippen LogP contribution in [0.1, 0.15) is 24.4 Å². The van der Waals surface area contributed by atoms with E-state index < -0.39 is 6.10 Å². The number of hydrogen-bond acceptors (Lipinski definition) is 3. The summed E-state index contributed by atoms with van der Waals surface area (Å²) in [4.78, 5) is 25.2. The summed E-state index contributed by atoms with van der Waals surface area (Å²) in [7, 11) is 1.75. The zero-order valence-electron chi connectivity index (χ0n) is 13.8. The van der Waals surface area contributed by atoms with Crippen molar-refractivity contribution in [3.63, 3.8) is 0 Å². The number of carbonyl (C=O) groups excluding carboxylic acids is 2. The van der Waals surface area contributed by atoms with Gasteiger partial charge in [-0.05, 0) is 30.2 Å². The van der Waals surface area contributed by atoms with Crippen LogP contribution in [0.5, 0.6) is 0 Å². The molecule has 0 aromatic heterocycles. The van der Waals surface area contributed by atoms with Crippen LogP contribution in [0, 0.1) is 5.92 Å². The van der Waals surface area contributed by atoms with E-state index in [2.05, 4.69) is 0 Å². The molecule has 1 aromatic rings. The van der Waals surface area contributed by atoms with Crippen molar-refractivity contribution in [3.05, 3.63) is 58.1 Å². The van der Waals surface area contributed by atoms with E-state index in [1.54, 1.807) is 24.1 Å². The van der Waals surface area contributed by atoms with E-state index in [4.69, 9.17) is 27.9 Å². The quantitative estimate of drug-likeness (QED) is 0.745. The number of hydrogen-bond donors (Lipinski definition) is 0. The van der Waals surface area contributed by atoms with Gasteiger partial charge in [-0.15, -0.1) is 0 Å². The molecule has 1 amide bonds. The molecule has 6 heteroatoms. The Kier molecular flexibility index (Phi) is 5.62. The fourth-order valence-electron chi connectivity index (χ4n) is 3.41. The first-order valence-corrected chi connectivity index (χ1v) is 8.92. The Morgan fingerprint density at radius 3 is 2.60 bits per heavy atom. The molecular weight excluding hydrogens is 361 g/mol. The number of amides is 1. The number of allylic oxidation sites excluding steroid dienone is 3. The van der Waals surface area contributed by atoms with Crippen molar-refractivity contribution >= 4 is 35.4 Å². The standard InChI is InChI=1S/C19H19Cl2NO3/c1-22-17(12-2-6-14(20)7-3-12)18(13-4-8-15(21)9-5-13)25-16(10-11-23)19(22)24/h2-4,6-9,11,13,16-18H,5,10H2,1H3/t13?,16-,17?,18-/m0/s1. The van der Waals surface area contributed by atoms with E-state index in [1.807, 2.05) is 30.4 Å². The molecule has 0 saturated carbocycles. The van der Waals surface area contributed by atoms with Crippen molar-refractivity contribution in [2.24, 2.45) is 5.92 Å². The van der Waals surface area contributed by atoms with Gasteiger partial charge in [0.05, 0.1) is 12.1 Å². The molecule has 3 rings (SSSR count). The Bertz CT molecular complexity index is 714. The van der Waals surface area contributed by atoms with Crippen LogP contribution < -0.4 is 0 Å². The summed E-state index contributed by atoms with van der Waals surface area (Å²) in [5.41, 5.74) is 0.948. The lowest BCUT2D eigenvalue weighted by molar-refractivity contribution is -0.175. The molecule has 1 aromatic carbocycles. The second-order valence-electron chi connectivity index (χ2n) is 6.28. The SMILES string of the molecule is CN1C(=O)[C@H](CC=O)O[C@@H](C2C=CC(Cl)=CC2)C1c1ccc(Cl)cc1. The Labute approximate surface area is 157 Å². The van der Waals surface area contributed by atoms with Gasteiger partial charge in [-0.1, -0.05) is 47.5 Å². The van der Waals surface area contributed by atoms with Crippen LogP contribution in [0.4, 0.5) is 0 Å². The topological polar surface area (TPSA) is 46.6 Å². The number of aldehydes is 1. The highest BCUT2D eigenvalue weighted by Crippen LogP contribution is 2.39. The number of halogens is 2. The molecule has 1 fully saturated rings. The minimum Gasteiger partial charge on any atom is -0.362 e. The first-order chi connectivity index (χ1) is 12.0. The van der Waals surface area contributed by atoms with Crippen LogP contribution in [0.2, 0.25) is 5.02 Å². The number of likely N-dealkylation sites (N-methyl/N-ethyl adjacent to an activating group) is 1. The van der Waals surface area contributed by atoms with Crippen LogP contribution in [0.15, 0.2) is 47.5 Å². The average Bonchev–Trinajstić information content (AvgIpc) is 2.61. The highest BCUT2D eigenvalue weighted by atomic mass is 35.5. The third kappa shape index (κ3) is 3.81. The molecule has 2 aliphatic rings. The number of benzene rings is 1. The second kappa shape index (κ2) is 7.73. The van der Waals surface area contributed by atoms with Crippen molar-refractivity contribution in [1.82, 2.24) is 4.90 Å². The normalized spacial score (nSPS) is 29.5. The number of rotatable bonds is 4. The van der Waals surface area contributed by atoms with E-state index in [1.165, 1.54) is 0 Å². The lowest BCUT2D eigenvalue weighted by Gasteiger charge is -2.45. The third-order valence-corrected chi connectivity index (χ3v) is 5.24. The van der Waals surface area contributed by atoms with Gasteiger partial charge in [-0.3, -0.25) is 4.79 Å². The summed E-state index contributed by atoms with van der Waals surface area (Å²) in [5.74, 6) is -0.121. The molecule has 4 atom stereocenters. The van der Waals surface area contributed by atoms with Gasteiger partial charge in [0, 0.05) is 29.4 Å². The number of ether oxygens (including phenoxy) is 1. The maximum absolute atomic E-state index is 12.6. The molecule has 1 aliphatic heterocycles. The zero-order chi connectivity index (χ0) is 18.0. The second-order valence-corrected chi connectivity index (χ2v) is 7.16. The first kappa shape index (κ1) is 18.2. The summed E-state index contributed by atoms with van der Waals surface area (Å²) in [6.07, 6.45) is 6.29. The molecule has 1 aliphatic carbocycles.